The summed E-state index contributed by atoms with van der Waals surface area (Å²) in [7, 11) is 1.66. The lowest BCUT2D eigenvalue weighted by Crippen LogP contribution is -2.48. The fourth-order valence-corrected chi connectivity index (χ4v) is 4.68. The second-order valence-electron chi connectivity index (χ2n) is 10.3. The van der Waals surface area contributed by atoms with Crippen LogP contribution in [0.25, 0.3) is 0 Å². The number of fused-ring (bicyclic) bond motifs is 1. The van der Waals surface area contributed by atoms with Crippen molar-refractivity contribution in [3.8, 4) is 5.75 Å². The SMILES string of the molecule is COc1ccc(CC(C)(C)Nc2nc(N3CCN(C(C)=O)CC3)nc3c2CN(C(C)C)C3=O)cc1. The molecule has 2 aliphatic heterocycles. The Bertz CT molecular complexity index is 1090. The second kappa shape index (κ2) is 9.71. The number of carbonyl (C=O) groups excluding carboxylic acids is 2. The Morgan fingerprint density at radius 3 is 2.34 bits per heavy atom. The van der Waals surface area contributed by atoms with Gasteiger partial charge in [-0.15, -0.1) is 0 Å². The highest BCUT2D eigenvalue weighted by atomic mass is 16.5. The van der Waals surface area contributed by atoms with E-state index in [1.54, 1.807) is 14.0 Å². The number of methoxy groups -OCH3 is 1. The molecule has 2 amide bonds. The van der Waals surface area contributed by atoms with E-state index in [2.05, 4.69) is 36.2 Å². The van der Waals surface area contributed by atoms with Crippen molar-refractivity contribution in [2.75, 3.05) is 43.5 Å². The standard InChI is InChI=1S/C26H36N6O3/c1-17(2)32-16-21-22(24(32)34)27-25(31-13-11-30(12-14-31)18(3)33)28-23(21)29-26(4,5)15-19-7-9-20(35-6)10-8-19/h7-10,17H,11-16H2,1-6H3,(H,27,28,29). The molecule has 1 fully saturated rings. The van der Waals surface area contributed by atoms with E-state index in [-0.39, 0.29) is 23.4 Å². The van der Waals surface area contributed by atoms with Gasteiger partial charge in [0.05, 0.1) is 13.7 Å². The summed E-state index contributed by atoms with van der Waals surface area (Å²) in [4.78, 5) is 40.3. The molecular weight excluding hydrogens is 444 g/mol. The minimum atomic E-state index is -0.324. The molecule has 0 atom stereocenters. The van der Waals surface area contributed by atoms with Gasteiger partial charge in [0.25, 0.3) is 5.91 Å². The van der Waals surface area contributed by atoms with Crippen molar-refractivity contribution in [2.24, 2.45) is 0 Å². The zero-order valence-electron chi connectivity index (χ0n) is 21.6. The monoisotopic (exact) mass is 480 g/mol. The minimum absolute atomic E-state index is 0.0583. The van der Waals surface area contributed by atoms with Crippen LogP contribution >= 0.6 is 0 Å². The van der Waals surface area contributed by atoms with Gasteiger partial charge in [-0.1, -0.05) is 12.1 Å². The Kier molecular flexibility index (Phi) is 6.87. The third-order valence-corrected chi connectivity index (χ3v) is 6.68. The zero-order chi connectivity index (χ0) is 25.3. The van der Waals surface area contributed by atoms with Gasteiger partial charge >= 0.3 is 0 Å². The van der Waals surface area contributed by atoms with Gasteiger partial charge in [-0.25, -0.2) is 4.98 Å². The normalized spacial score (nSPS) is 16.1. The van der Waals surface area contributed by atoms with Crippen molar-refractivity contribution >= 4 is 23.6 Å². The van der Waals surface area contributed by atoms with Gasteiger partial charge in [0, 0.05) is 50.2 Å². The van der Waals surface area contributed by atoms with Crippen LogP contribution in [0, 0.1) is 0 Å². The van der Waals surface area contributed by atoms with Crippen LogP contribution in [0.3, 0.4) is 0 Å². The Hall–Kier alpha value is -3.36. The number of hydrogen-bond acceptors (Lipinski definition) is 7. The molecule has 0 bridgehead atoms. The topological polar surface area (TPSA) is 90.9 Å². The summed E-state index contributed by atoms with van der Waals surface area (Å²) in [6, 6.07) is 8.13. The van der Waals surface area contributed by atoms with Gasteiger partial charge in [0.1, 0.15) is 17.3 Å². The number of carbonyl (C=O) groups is 2. The molecule has 9 nitrogen and oxygen atoms in total. The van der Waals surface area contributed by atoms with Crippen molar-refractivity contribution in [1.82, 2.24) is 19.8 Å². The number of amides is 2. The molecule has 0 saturated carbocycles. The summed E-state index contributed by atoms with van der Waals surface area (Å²) in [6.07, 6.45) is 0.768. The zero-order valence-corrected chi connectivity index (χ0v) is 21.6. The van der Waals surface area contributed by atoms with Crippen LogP contribution in [0.4, 0.5) is 11.8 Å². The highest BCUT2D eigenvalue weighted by molar-refractivity contribution is 5.98. The molecule has 9 heteroatoms. The number of hydrogen-bond donors (Lipinski definition) is 1. The summed E-state index contributed by atoms with van der Waals surface area (Å²) < 4.78 is 5.28. The van der Waals surface area contributed by atoms with E-state index in [4.69, 9.17) is 14.7 Å². The maximum Gasteiger partial charge on any atom is 0.273 e. The van der Waals surface area contributed by atoms with Crippen LogP contribution in [0.5, 0.6) is 5.75 Å². The molecule has 2 aliphatic rings. The van der Waals surface area contributed by atoms with Crippen LogP contribution in [-0.4, -0.2) is 76.5 Å². The first-order valence-electron chi connectivity index (χ1n) is 12.2. The van der Waals surface area contributed by atoms with Crippen LogP contribution in [0.2, 0.25) is 0 Å². The van der Waals surface area contributed by atoms with Crippen molar-refractivity contribution in [1.29, 1.82) is 0 Å². The molecule has 1 saturated heterocycles. The first-order valence-corrected chi connectivity index (χ1v) is 12.2. The quantitative estimate of drug-likeness (QED) is 0.652. The number of nitrogens with one attached hydrogen (secondary N) is 1. The number of anilines is 2. The second-order valence-corrected chi connectivity index (χ2v) is 10.3. The maximum absolute atomic E-state index is 13.2. The van der Waals surface area contributed by atoms with Crippen LogP contribution < -0.4 is 15.0 Å². The molecule has 188 valence electrons. The van der Waals surface area contributed by atoms with Crippen molar-refractivity contribution in [3.63, 3.8) is 0 Å². The number of rotatable bonds is 7. The number of nitrogens with zero attached hydrogens (tertiary/aromatic N) is 5. The van der Waals surface area contributed by atoms with E-state index in [0.29, 0.717) is 50.2 Å². The molecular formula is C26H36N6O3. The lowest BCUT2D eigenvalue weighted by Gasteiger charge is -2.35. The predicted octanol–water partition coefficient (Wildman–Crippen LogP) is 2.95. The first-order chi connectivity index (χ1) is 16.6. The van der Waals surface area contributed by atoms with Gasteiger partial charge in [0.15, 0.2) is 0 Å². The molecule has 3 heterocycles. The Labute approximate surface area is 207 Å². The van der Waals surface area contributed by atoms with E-state index in [1.165, 1.54) is 5.56 Å². The van der Waals surface area contributed by atoms with Crippen LogP contribution in [0.15, 0.2) is 24.3 Å². The molecule has 1 aromatic heterocycles. The fraction of sp³-hybridized carbons (Fsp3) is 0.538. The van der Waals surface area contributed by atoms with Gasteiger partial charge < -0.3 is 24.8 Å². The molecule has 0 spiro atoms. The first kappa shape index (κ1) is 24.8. The largest absolute Gasteiger partial charge is 0.497 e. The molecule has 35 heavy (non-hydrogen) atoms. The Morgan fingerprint density at radius 2 is 1.77 bits per heavy atom. The summed E-state index contributed by atoms with van der Waals surface area (Å²) in [5, 5.41) is 3.63. The lowest BCUT2D eigenvalue weighted by atomic mass is 9.94. The summed E-state index contributed by atoms with van der Waals surface area (Å²) in [5.74, 6) is 2.08. The average Bonchev–Trinajstić information content (AvgIpc) is 3.16. The summed E-state index contributed by atoms with van der Waals surface area (Å²) in [5.41, 5.74) is 2.17. The molecule has 1 N–H and O–H groups in total. The smallest absolute Gasteiger partial charge is 0.273 e. The molecule has 0 aliphatic carbocycles. The van der Waals surface area contributed by atoms with E-state index in [1.807, 2.05) is 35.8 Å². The maximum atomic E-state index is 13.2. The van der Waals surface area contributed by atoms with E-state index in [9.17, 15) is 9.59 Å². The minimum Gasteiger partial charge on any atom is -0.497 e. The fourth-order valence-electron chi connectivity index (χ4n) is 4.68. The number of aromatic nitrogens is 2. The van der Waals surface area contributed by atoms with Crippen LogP contribution in [-0.2, 0) is 17.8 Å². The van der Waals surface area contributed by atoms with Gasteiger partial charge in [-0.05, 0) is 51.8 Å². The van der Waals surface area contributed by atoms with Crippen LogP contribution in [0.1, 0.15) is 56.2 Å². The lowest BCUT2D eigenvalue weighted by molar-refractivity contribution is -0.129. The van der Waals surface area contributed by atoms with Gasteiger partial charge in [-0.3, -0.25) is 9.59 Å². The van der Waals surface area contributed by atoms with Crippen molar-refractivity contribution in [3.05, 3.63) is 41.1 Å². The van der Waals surface area contributed by atoms with Crippen molar-refractivity contribution in [2.45, 2.75) is 59.2 Å². The highest BCUT2D eigenvalue weighted by Gasteiger charge is 2.36. The molecule has 0 unspecified atom stereocenters. The number of piperazine rings is 1. The van der Waals surface area contributed by atoms with Crippen molar-refractivity contribution < 1.29 is 14.3 Å². The van der Waals surface area contributed by atoms with Gasteiger partial charge in [-0.2, -0.15) is 4.98 Å². The Morgan fingerprint density at radius 1 is 1.11 bits per heavy atom. The summed E-state index contributed by atoms with van der Waals surface area (Å²) in [6.45, 7) is 12.9. The highest BCUT2D eigenvalue weighted by Crippen LogP contribution is 2.32. The number of benzene rings is 1. The van der Waals surface area contributed by atoms with Gasteiger partial charge in [0.2, 0.25) is 11.9 Å². The van der Waals surface area contributed by atoms with E-state index in [0.717, 1.165) is 17.7 Å². The average molecular weight is 481 g/mol. The number of ether oxygens (including phenoxy) is 1. The van der Waals surface area contributed by atoms with E-state index < -0.39 is 0 Å². The molecule has 2 aromatic rings. The third-order valence-electron chi connectivity index (χ3n) is 6.68. The molecule has 4 rings (SSSR count). The summed E-state index contributed by atoms with van der Waals surface area (Å²) >= 11 is 0. The molecule has 0 radical (unpaired) electrons. The third kappa shape index (κ3) is 5.33. The predicted molar refractivity (Wildman–Crippen MR) is 136 cm³/mol. The van der Waals surface area contributed by atoms with E-state index >= 15 is 0 Å². The Balaban J connectivity index is 1.63. The molecule has 1 aromatic carbocycles.